The van der Waals surface area contributed by atoms with Gasteiger partial charge in [0.1, 0.15) is 12.1 Å². The first-order valence-electron chi connectivity index (χ1n) is 9.51. The number of urea groups is 1. The molecule has 0 bridgehead atoms. The summed E-state index contributed by atoms with van der Waals surface area (Å²) in [5, 5.41) is 10.8. The van der Waals surface area contributed by atoms with Gasteiger partial charge in [0.25, 0.3) is 5.91 Å². The second-order valence-corrected chi connectivity index (χ2v) is 7.59. The van der Waals surface area contributed by atoms with Gasteiger partial charge in [-0.15, -0.1) is 10.2 Å². The SMILES string of the molecule is CC(C)c1ccc(C2(C)NC(=O)N(Cc3nnc(-c4ccccc4)o3)C2=O)cc1. The van der Waals surface area contributed by atoms with E-state index >= 15 is 0 Å². The zero-order valence-electron chi connectivity index (χ0n) is 16.5. The molecule has 1 unspecified atom stereocenters. The number of carbonyl (C=O) groups excluding carboxylic acids is 2. The molecular formula is C22H22N4O3. The second kappa shape index (κ2) is 7.16. The molecule has 1 atom stereocenters. The van der Waals surface area contributed by atoms with E-state index < -0.39 is 11.6 Å². The average Bonchev–Trinajstić information content (AvgIpc) is 3.28. The van der Waals surface area contributed by atoms with Gasteiger partial charge in [-0.3, -0.25) is 9.69 Å². The van der Waals surface area contributed by atoms with Crippen molar-refractivity contribution in [3.05, 3.63) is 71.6 Å². The number of nitrogens with one attached hydrogen (secondary N) is 1. The summed E-state index contributed by atoms with van der Waals surface area (Å²) in [5.74, 6) is 0.587. The minimum absolute atomic E-state index is 0.0792. The maximum absolute atomic E-state index is 13.1. The third kappa shape index (κ3) is 3.40. The van der Waals surface area contributed by atoms with E-state index in [-0.39, 0.29) is 18.3 Å². The molecule has 3 aromatic rings. The number of rotatable bonds is 5. The minimum Gasteiger partial charge on any atom is -0.419 e. The van der Waals surface area contributed by atoms with Gasteiger partial charge in [0.15, 0.2) is 0 Å². The van der Waals surface area contributed by atoms with Crippen LogP contribution in [0, 0.1) is 0 Å². The van der Waals surface area contributed by atoms with Crippen LogP contribution in [0.4, 0.5) is 4.79 Å². The van der Waals surface area contributed by atoms with Crippen LogP contribution < -0.4 is 5.32 Å². The van der Waals surface area contributed by atoms with Crippen LogP contribution in [0.15, 0.2) is 59.0 Å². The predicted octanol–water partition coefficient (Wildman–Crippen LogP) is 3.83. The van der Waals surface area contributed by atoms with Gasteiger partial charge >= 0.3 is 6.03 Å². The highest BCUT2D eigenvalue weighted by molar-refractivity contribution is 6.07. The van der Waals surface area contributed by atoms with Crippen LogP contribution in [0.1, 0.15) is 43.7 Å². The molecule has 1 aliphatic heterocycles. The number of hydrogen-bond acceptors (Lipinski definition) is 5. The summed E-state index contributed by atoms with van der Waals surface area (Å²) in [6.45, 7) is 5.84. The van der Waals surface area contributed by atoms with Crippen LogP contribution >= 0.6 is 0 Å². The number of amides is 3. The van der Waals surface area contributed by atoms with Gasteiger partial charge in [0, 0.05) is 5.56 Å². The Bertz CT molecular complexity index is 1040. The molecule has 29 heavy (non-hydrogen) atoms. The average molecular weight is 390 g/mol. The second-order valence-electron chi connectivity index (χ2n) is 7.59. The molecule has 4 rings (SSSR count). The van der Waals surface area contributed by atoms with E-state index in [4.69, 9.17) is 4.42 Å². The number of aromatic nitrogens is 2. The van der Waals surface area contributed by atoms with Crippen molar-refractivity contribution in [1.29, 1.82) is 0 Å². The van der Waals surface area contributed by atoms with Crippen molar-refractivity contribution < 1.29 is 14.0 Å². The topological polar surface area (TPSA) is 88.3 Å². The van der Waals surface area contributed by atoms with E-state index in [0.29, 0.717) is 11.8 Å². The molecule has 3 amide bonds. The van der Waals surface area contributed by atoms with Crippen molar-refractivity contribution in [2.24, 2.45) is 0 Å². The van der Waals surface area contributed by atoms with Crippen LogP contribution in [0.5, 0.6) is 0 Å². The lowest BCUT2D eigenvalue weighted by Gasteiger charge is -2.22. The Labute approximate surface area is 168 Å². The third-order valence-corrected chi connectivity index (χ3v) is 5.21. The molecule has 1 saturated heterocycles. The molecule has 0 aliphatic carbocycles. The Kier molecular flexibility index (Phi) is 4.66. The fourth-order valence-corrected chi connectivity index (χ4v) is 3.39. The lowest BCUT2D eigenvalue weighted by Crippen LogP contribution is -2.40. The van der Waals surface area contributed by atoms with E-state index in [2.05, 4.69) is 29.4 Å². The van der Waals surface area contributed by atoms with Crippen LogP contribution in [-0.2, 0) is 16.9 Å². The molecule has 0 radical (unpaired) electrons. The first-order valence-corrected chi connectivity index (χ1v) is 9.51. The Balaban J connectivity index is 1.55. The molecule has 148 valence electrons. The highest BCUT2D eigenvalue weighted by atomic mass is 16.4. The zero-order valence-corrected chi connectivity index (χ0v) is 16.5. The van der Waals surface area contributed by atoms with Crippen molar-refractivity contribution in [3.63, 3.8) is 0 Å². The summed E-state index contributed by atoms with van der Waals surface area (Å²) >= 11 is 0. The van der Waals surface area contributed by atoms with Gasteiger partial charge < -0.3 is 9.73 Å². The molecule has 2 heterocycles. The van der Waals surface area contributed by atoms with Crippen molar-refractivity contribution in [2.75, 3.05) is 0 Å². The summed E-state index contributed by atoms with van der Waals surface area (Å²) in [7, 11) is 0. The van der Waals surface area contributed by atoms with Crippen LogP contribution in [-0.4, -0.2) is 27.0 Å². The molecule has 7 nitrogen and oxygen atoms in total. The summed E-state index contributed by atoms with van der Waals surface area (Å²) in [6, 6.07) is 16.6. The van der Waals surface area contributed by atoms with Gasteiger partial charge in [-0.05, 0) is 36.1 Å². The molecule has 7 heteroatoms. The Hall–Kier alpha value is -3.48. The molecule has 1 fully saturated rings. The fourth-order valence-electron chi connectivity index (χ4n) is 3.39. The number of nitrogens with zero attached hydrogens (tertiary/aromatic N) is 3. The predicted molar refractivity (Wildman–Crippen MR) is 107 cm³/mol. The normalized spacial score (nSPS) is 19.1. The first-order chi connectivity index (χ1) is 13.9. The van der Waals surface area contributed by atoms with E-state index in [0.717, 1.165) is 16.0 Å². The summed E-state index contributed by atoms with van der Waals surface area (Å²) < 4.78 is 5.65. The lowest BCUT2D eigenvalue weighted by molar-refractivity contribution is -0.131. The first kappa shape index (κ1) is 18.9. The maximum atomic E-state index is 13.1. The van der Waals surface area contributed by atoms with Crippen molar-refractivity contribution in [1.82, 2.24) is 20.4 Å². The number of imide groups is 1. The van der Waals surface area contributed by atoms with Crippen LogP contribution in [0.2, 0.25) is 0 Å². The van der Waals surface area contributed by atoms with Crippen molar-refractivity contribution >= 4 is 11.9 Å². The van der Waals surface area contributed by atoms with Crippen molar-refractivity contribution in [2.45, 2.75) is 38.8 Å². The Morgan fingerprint density at radius 1 is 1.03 bits per heavy atom. The monoisotopic (exact) mass is 390 g/mol. The zero-order chi connectivity index (χ0) is 20.6. The summed E-state index contributed by atoms with van der Waals surface area (Å²) in [4.78, 5) is 26.7. The van der Waals surface area contributed by atoms with Crippen molar-refractivity contribution in [3.8, 4) is 11.5 Å². The van der Waals surface area contributed by atoms with Gasteiger partial charge in [0.05, 0.1) is 0 Å². The lowest BCUT2D eigenvalue weighted by atomic mass is 9.90. The molecule has 1 N–H and O–H groups in total. The minimum atomic E-state index is -1.13. The number of carbonyl (C=O) groups is 2. The van der Waals surface area contributed by atoms with Gasteiger partial charge in [-0.2, -0.15) is 0 Å². The molecule has 2 aromatic carbocycles. The van der Waals surface area contributed by atoms with Crippen LogP contribution in [0.3, 0.4) is 0 Å². The number of hydrogen-bond donors (Lipinski definition) is 1. The van der Waals surface area contributed by atoms with E-state index in [9.17, 15) is 9.59 Å². The molecule has 1 aromatic heterocycles. The summed E-state index contributed by atoms with van der Waals surface area (Å²) in [6.07, 6.45) is 0. The standard InChI is InChI=1S/C22H22N4O3/c1-14(2)15-9-11-17(12-10-15)22(3)20(27)26(21(28)23-22)13-18-24-25-19(29-18)16-7-5-4-6-8-16/h4-12,14H,13H2,1-3H3,(H,23,28). The molecule has 0 saturated carbocycles. The van der Waals surface area contributed by atoms with E-state index in [1.54, 1.807) is 6.92 Å². The van der Waals surface area contributed by atoms with Gasteiger partial charge in [0.2, 0.25) is 11.8 Å². The maximum Gasteiger partial charge on any atom is 0.325 e. The quantitative estimate of drug-likeness (QED) is 0.669. The van der Waals surface area contributed by atoms with E-state index in [1.165, 1.54) is 5.56 Å². The largest absolute Gasteiger partial charge is 0.419 e. The fraction of sp³-hybridized carbons (Fsp3) is 0.273. The van der Waals surface area contributed by atoms with E-state index in [1.807, 2.05) is 54.6 Å². The Morgan fingerprint density at radius 2 is 1.72 bits per heavy atom. The highest BCUT2D eigenvalue weighted by Crippen LogP contribution is 2.31. The number of benzene rings is 2. The smallest absolute Gasteiger partial charge is 0.325 e. The van der Waals surface area contributed by atoms with Gasteiger partial charge in [-0.1, -0.05) is 56.3 Å². The Morgan fingerprint density at radius 3 is 2.38 bits per heavy atom. The molecule has 0 spiro atoms. The third-order valence-electron chi connectivity index (χ3n) is 5.21. The van der Waals surface area contributed by atoms with Crippen LogP contribution in [0.25, 0.3) is 11.5 Å². The molecular weight excluding hydrogens is 368 g/mol. The summed E-state index contributed by atoms with van der Waals surface area (Å²) in [5.41, 5.74) is 1.55. The van der Waals surface area contributed by atoms with Gasteiger partial charge in [-0.25, -0.2) is 4.79 Å². The highest BCUT2D eigenvalue weighted by Gasteiger charge is 2.49. The molecule has 1 aliphatic rings.